The molecule has 0 aromatic rings. The van der Waals surface area contributed by atoms with E-state index in [9.17, 15) is 9.59 Å². The van der Waals surface area contributed by atoms with Gasteiger partial charge in [0.1, 0.15) is 0 Å². The third-order valence-electron chi connectivity index (χ3n) is 2.37. The number of rotatable bonds is 1. The molecule has 4 N–H and O–H groups in total. The summed E-state index contributed by atoms with van der Waals surface area (Å²) in [5.41, 5.74) is 1.54. The smallest absolute Gasteiger partial charge is 0.323 e. The van der Waals surface area contributed by atoms with Crippen LogP contribution >= 0.6 is 0 Å². The van der Waals surface area contributed by atoms with Gasteiger partial charge in [0.15, 0.2) is 0 Å². The number of ether oxygens (including phenoxy) is 1. The van der Waals surface area contributed by atoms with E-state index in [-0.39, 0.29) is 11.6 Å². The second-order valence-corrected chi connectivity index (χ2v) is 4.24. The Kier molecular flexibility index (Phi) is 3.65. The summed E-state index contributed by atoms with van der Waals surface area (Å²) in [6.45, 7) is 4.49. The number of hydrogen-bond acceptors (Lipinski definition) is 4. The summed E-state index contributed by atoms with van der Waals surface area (Å²) in [5, 5.41) is 2.61. The zero-order valence-corrected chi connectivity index (χ0v) is 9.00. The average molecular weight is 215 g/mol. The van der Waals surface area contributed by atoms with E-state index in [4.69, 9.17) is 10.6 Å². The van der Waals surface area contributed by atoms with Crippen molar-refractivity contribution in [3.63, 3.8) is 0 Å². The van der Waals surface area contributed by atoms with Gasteiger partial charge in [0.05, 0.1) is 5.60 Å². The van der Waals surface area contributed by atoms with Crippen molar-refractivity contribution < 1.29 is 14.3 Å². The highest BCUT2D eigenvalue weighted by Gasteiger charge is 2.30. The van der Waals surface area contributed by atoms with E-state index in [0.29, 0.717) is 19.4 Å². The maximum Gasteiger partial charge on any atom is 0.323 e. The van der Waals surface area contributed by atoms with E-state index in [0.717, 1.165) is 0 Å². The number of carbonyl (C=O) groups is 2. The van der Waals surface area contributed by atoms with Crippen LogP contribution in [0.5, 0.6) is 0 Å². The first kappa shape index (κ1) is 11.9. The first-order valence-corrected chi connectivity index (χ1v) is 4.90. The molecule has 15 heavy (non-hydrogen) atoms. The molecule has 1 unspecified atom stereocenters. The largest absolute Gasteiger partial charge is 0.375 e. The second-order valence-electron chi connectivity index (χ2n) is 4.24. The van der Waals surface area contributed by atoms with E-state index in [2.05, 4.69) is 5.32 Å². The van der Waals surface area contributed by atoms with Crippen molar-refractivity contribution >= 4 is 11.8 Å². The molecule has 1 aliphatic heterocycles. The summed E-state index contributed by atoms with van der Waals surface area (Å²) in [4.78, 5) is 22.1. The van der Waals surface area contributed by atoms with Crippen LogP contribution in [0.3, 0.4) is 0 Å². The van der Waals surface area contributed by atoms with Crippen molar-refractivity contribution in [2.75, 3.05) is 6.61 Å². The maximum atomic E-state index is 11.2. The number of hydrazine groups is 1. The highest BCUT2D eigenvalue weighted by Crippen LogP contribution is 2.23. The quantitative estimate of drug-likeness (QED) is 0.227. The zero-order valence-electron chi connectivity index (χ0n) is 9.00. The average Bonchev–Trinajstić information content (AvgIpc) is 2.14. The van der Waals surface area contributed by atoms with Crippen molar-refractivity contribution in [2.24, 2.45) is 5.84 Å². The molecule has 1 heterocycles. The summed E-state index contributed by atoms with van der Waals surface area (Å²) in [6, 6.07) is -0.0291. The van der Waals surface area contributed by atoms with Crippen molar-refractivity contribution in [2.45, 2.75) is 38.3 Å². The van der Waals surface area contributed by atoms with Crippen LogP contribution in [0.2, 0.25) is 0 Å². The molecule has 1 aliphatic rings. The van der Waals surface area contributed by atoms with Gasteiger partial charge in [0.2, 0.25) is 0 Å². The Morgan fingerprint density at radius 2 is 2.07 bits per heavy atom. The zero-order chi connectivity index (χ0) is 11.5. The van der Waals surface area contributed by atoms with Crippen LogP contribution in [-0.4, -0.2) is 30.1 Å². The Bertz CT molecular complexity index is 265. The van der Waals surface area contributed by atoms with E-state index >= 15 is 0 Å². The van der Waals surface area contributed by atoms with Gasteiger partial charge in [-0.05, 0) is 26.7 Å². The number of amides is 2. The van der Waals surface area contributed by atoms with Crippen LogP contribution in [0.4, 0.5) is 0 Å². The molecule has 1 rings (SSSR count). The van der Waals surface area contributed by atoms with Crippen LogP contribution in [0.15, 0.2) is 0 Å². The summed E-state index contributed by atoms with van der Waals surface area (Å²) in [5.74, 6) is 3.33. The molecule has 6 nitrogen and oxygen atoms in total. The van der Waals surface area contributed by atoms with Crippen molar-refractivity contribution in [3.05, 3.63) is 0 Å². The van der Waals surface area contributed by atoms with Gasteiger partial charge in [-0.3, -0.25) is 15.0 Å². The Morgan fingerprint density at radius 1 is 1.40 bits per heavy atom. The number of carbonyl (C=O) groups excluding carboxylic acids is 2. The summed E-state index contributed by atoms with van der Waals surface area (Å²) in [7, 11) is 0. The van der Waals surface area contributed by atoms with Crippen molar-refractivity contribution in [1.82, 2.24) is 10.7 Å². The lowest BCUT2D eigenvalue weighted by molar-refractivity contribution is -0.140. The van der Waals surface area contributed by atoms with Gasteiger partial charge in [-0.2, -0.15) is 0 Å². The Morgan fingerprint density at radius 3 is 2.60 bits per heavy atom. The van der Waals surface area contributed by atoms with Gasteiger partial charge in [0.25, 0.3) is 0 Å². The summed E-state index contributed by atoms with van der Waals surface area (Å²) in [6.07, 6.45) is 1.41. The fourth-order valence-electron chi connectivity index (χ4n) is 1.67. The van der Waals surface area contributed by atoms with Gasteiger partial charge in [0, 0.05) is 12.6 Å². The van der Waals surface area contributed by atoms with E-state index < -0.39 is 11.8 Å². The predicted molar refractivity (Wildman–Crippen MR) is 53.5 cm³/mol. The molecule has 1 fully saturated rings. The number of nitrogens with two attached hydrogens (primary N) is 1. The number of nitrogens with one attached hydrogen (secondary N) is 2. The van der Waals surface area contributed by atoms with Crippen molar-refractivity contribution in [1.29, 1.82) is 0 Å². The molecular weight excluding hydrogens is 198 g/mol. The van der Waals surface area contributed by atoms with E-state index in [1.807, 2.05) is 13.8 Å². The third-order valence-corrected chi connectivity index (χ3v) is 2.37. The minimum absolute atomic E-state index is 0.0291. The van der Waals surface area contributed by atoms with Gasteiger partial charge in [-0.15, -0.1) is 0 Å². The molecule has 0 radical (unpaired) electrons. The molecule has 0 bridgehead atoms. The minimum Gasteiger partial charge on any atom is -0.375 e. The lowest BCUT2D eigenvalue weighted by Crippen LogP contribution is -2.51. The molecular formula is C9H17N3O3. The Hall–Kier alpha value is -1.14. The van der Waals surface area contributed by atoms with Gasteiger partial charge < -0.3 is 10.1 Å². The molecule has 1 saturated heterocycles. The maximum absolute atomic E-state index is 11.2. The first-order valence-electron chi connectivity index (χ1n) is 4.90. The normalized spacial score (nSPS) is 24.3. The molecule has 86 valence electrons. The highest BCUT2D eigenvalue weighted by atomic mass is 16.5. The fourth-order valence-corrected chi connectivity index (χ4v) is 1.67. The van der Waals surface area contributed by atoms with E-state index in [1.165, 1.54) is 0 Å². The van der Waals surface area contributed by atoms with Crippen LogP contribution in [-0.2, 0) is 14.3 Å². The van der Waals surface area contributed by atoms with Gasteiger partial charge in [-0.25, -0.2) is 5.84 Å². The van der Waals surface area contributed by atoms with Crippen LogP contribution < -0.4 is 16.6 Å². The molecule has 1 atom stereocenters. The first-order chi connectivity index (χ1) is 6.94. The fraction of sp³-hybridized carbons (Fsp3) is 0.778. The summed E-state index contributed by atoms with van der Waals surface area (Å²) < 4.78 is 5.49. The Labute approximate surface area is 88.5 Å². The lowest BCUT2D eigenvalue weighted by Gasteiger charge is -2.35. The van der Waals surface area contributed by atoms with E-state index in [1.54, 1.807) is 5.43 Å². The standard InChI is InChI=1S/C9H17N3O3/c1-9(2)5-6(3-4-15-9)11-7(13)8(14)12-10/h6H,3-5,10H2,1-2H3,(H,11,13)(H,12,14). The number of hydrogen-bond donors (Lipinski definition) is 3. The minimum atomic E-state index is -0.820. The molecule has 0 aromatic heterocycles. The van der Waals surface area contributed by atoms with Gasteiger partial charge >= 0.3 is 11.8 Å². The molecule has 0 saturated carbocycles. The second kappa shape index (κ2) is 4.59. The molecule has 6 heteroatoms. The highest BCUT2D eigenvalue weighted by molar-refractivity contribution is 6.34. The van der Waals surface area contributed by atoms with Crippen molar-refractivity contribution in [3.8, 4) is 0 Å². The Balaban J connectivity index is 2.45. The molecule has 2 amide bonds. The molecule has 0 aliphatic carbocycles. The third kappa shape index (κ3) is 3.49. The SMILES string of the molecule is CC1(C)CC(NC(=O)C(=O)NN)CCO1. The monoisotopic (exact) mass is 215 g/mol. The van der Waals surface area contributed by atoms with Crippen LogP contribution in [0.25, 0.3) is 0 Å². The van der Waals surface area contributed by atoms with Crippen LogP contribution in [0, 0.1) is 0 Å². The lowest BCUT2D eigenvalue weighted by atomic mass is 9.94. The van der Waals surface area contributed by atoms with Gasteiger partial charge in [-0.1, -0.05) is 0 Å². The topological polar surface area (TPSA) is 93.5 Å². The molecule has 0 aromatic carbocycles. The summed E-state index contributed by atoms with van der Waals surface area (Å²) >= 11 is 0. The molecule has 0 spiro atoms. The van der Waals surface area contributed by atoms with Crippen LogP contribution in [0.1, 0.15) is 26.7 Å². The predicted octanol–water partition coefficient (Wildman–Crippen LogP) is -0.950.